The van der Waals surface area contributed by atoms with Crippen LogP contribution in [0.25, 0.3) is 0 Å². The number of hydrogen-bond acceptors (Lipinski definition) is 2. The lowest BCUT2D eigenvalue weighted by Gasteiger charge is -2.23. The zero-order valence-corrected chi connectivity index (χ0v) is 14.1. The molecular weight excluding hydrogens is 266 g/mol. The number of rotatable bonds is 6. The fourth-order valence-electron chi connectivity index (χ4n) is 1.88. The lowest BCUT2D eigenvalue weighted by atomic mass is 9.87. The standard InChI is InChI=1S/C17H27NOS/c1-16(2,3)13-7-9-14(10-8-13)19-12-6-11-17(4,5)15(18)20/h7-10H,6,11-12H2,1-5H3,(H2,18,20). The van der Waals surface area contributed by atoms with Gasteiger partial charge in [-0.05, 0) is 36.0 Å². The predicted molar refractivity (Wildman–Crippen MR) is 90.4 cm³/mol. The maximum atomic E-state index is 5.76. The molecule has 1 rings (SSSR count). The molecule has 0 radical (unpaired) electrons. The van der Waals surface area contributed by atoms with Crippen molar-refractivity contribution in [2.24, 2.45) is 11.1 Å². The number of nitrogens with two attached hydrogens (primary N) is 1. The zero-order chi connectivity index (χ0) is 15.4. The Balaban J connectivity index is 2.42. The first kappa shape index (κ1) is 17.0. The molecule has 1 aromatic rings. The molecule has 2 nitrogen and oxygen atoms in total. The van der Waals surface area contributed by atoms with Gasteiger partial charge in [0.25, 0.3) is 0 Å². The Labute approximate surface area is 128 Å². The molecule has 20 heavy (non-hydrogen) atoms. The fraction of sp³-hybridized carbons (Fsp3) is 0.588. The van der Waals surface area contributed by atoms with Crippen molar-refractivity contribution < 1.29 is 4.74 Å². The summed E-state index contributed by atoms with van der Waals surface area (Å²) in [5, 5.41) is 0. The van der Waals surface area contributed by atoms with Crippen molar-refractivity contribution in [1.29, 1.82) is 0 Å². The Morgan fingerprint density at radius 3 is 2.10 bits per heavy atom. The number of ether oxygens (including phenoxy) is 1. The summed E-state index contributed by atoms with van der Waals surface area (Å²) in [5.74, 6) is 0.922. The van der Waals surface area contributed by atoms with Crippen LogP contribution < -0.4 is 10.5 Å². The molecule has 0 aliphatic rings. The van der Waals surface area contributed by atoms with Crippen molar-refractivity contribution in [2.45, 2.75) is 52.9 Å². The van der Waals surface area contributed by atoms with Gasteiger partial charge in [-0.25, -0.2) is 0 Å². The summed E-state index contributed by atoms with van der Waals surface area (Å²) in [6.45, 7) is 11.5. The van der Waals surface area contributed by atoms with Crippen molar-refractivity contribution in [3.8, 4) is 5.75 Å². The number of benzene rings is 1. The fourth-order valence-corrected chi connectivity index (χ4v) is 1.98. The summed E-state index contributed by atoms with van der Waals surface area (Å²) in [7, 11) is 0. The molecule has 0 bridgehead atoms. The molecular formula is C17H27NOS. The first-order valence-corrected chi connectivity index (χ1v) is 7.57. The molecule has 112 valence electrons. The minimum absolute atomic E-state index is 0.0885. The predicted octanol–water partition coefficient (Wildman–Crippen LogP) is 4.46. The second kappa shape index (κ2) is 6.57. The van der Waals surface area contributed by atoms with E-state index in [9.17, 15) is 0 Å². The Hall–Kier alpha value is -1.09. The lowest BCUT2D eigenvalue weighted by molar-refractivity contribution is 0.287. The van der Waals surface area contributed by atoms with E-state index in [1.807, 2.05) is 12.1 Å². The van der Waals surface area contributed by atoms with E-state index in [1.165, 1.54) is 5.56 Å². The molecule has 0 saturated heterocycles. The van der Waals surface area contributed by atoms with E-state index >= 15 is 0 Å². The minimum atomic E-state index is -0.0885. The monoisotopic (exact) mass is 293 g/mol. The molecule has 1 aromatic carbocycles. The highest BCUT2D eigenvalue weighted by Gasteiger charge is 2.20. The Morgan fingerprint density at radius 2 is 1.65 bits per heavy atom. The highest BCUT2D eigenvalue weighted by Crippen LogP contribution is 2.25. The topological polar surface area (TPSA) is 35.2 Å². The van der Waals surface area contributed by atoms with Crippen molar-refractivity contribution in [2.75, 3.05) is 6.61 Å². The Bertz CT molecular complexity index is 443. The van der Waals surface area contributed by atoms with Gasteiger partial charge in [-0.3, -0.25) is 0 Å². The van der Waals surface area contributed by atoms with Crippen LogP contribution in [-0.2, 0) is 5.41 Å². The summed E-state index contributed by atoms with van der Waals surface area (Å²) >= 11 is 5.06. The Morgan fingerprint density at radius 1 is 1.10 bits per heavy atom. The van der Waals surface area contributed by atoms with Gasteiger partial charge >= 0.3 is 0 Å². The van der Waals surface area contributed by atoms with Crippen LogP contribution in [0.3, 0.4) is 0 Å². The van der Waals surface area contributed by atoms with Crippen LogP contribution in [0, 0.1) is 5.41 Å². The van der Waals surface area contributed by atoms with Gasteiger partial charge in [0, 0.05) is 5.41 Å². The van der Waals surface area contributed by atoms with Gasteiger partial charge in [-0.2, -0.15) is 0 Å². The molecule has 2 N–H and O–H groups in total. The molecule has 0 fully saturated rings. The van der Waals surface area contributed by atoms with Crippen LogP contribution in [-0.4, -0.2) is 11.6 Å². The quantitative estimate of drug-likeness (QED) is 0.621. The summed E-state index contributed by atoms with van der Waals surface area (Å²) in [4.78, 5) is 0.576. The van der Waals surface area contributed by atoms with Crippen LogP contribution >= 0.6 is 12.2 Å². The van der Waals surface area contributed by atoms with Crippen molar-refractivity contribution >= 4 is 17.2 Å². The smallest absolute Gasteiger partial charge is 0.119 e. The van der Waals surface area contributed by atoms with Crippen LogP contribution in [0.4, 0.5) is 0 Å². The number of hydrogen-bond donors (Lipinski definition) is 1. The molecule has 0 atom stereocenters. The zero-order valence-electron chi connectivity index (χ0n) is 13.3. The van der Waals surface area contributed by atoms with Gasteiger partial charge < -0.3 is 10.5 Å². The average molecular weight is 293 g/mol. The third-order valence-electron chi connectivity index (χ3n) is 3.60. The van der Waals surface area contributed by atoms with E-state index in [1.54, 1.807) is 0 Å². The average Bonchev–Trinajstić information content (AvgIpc) is 2.34. The van der Waals surface area contributed by atoms with Crippen LogP contribution in [0.15, 0.2) is 24.3 Å². The normalized spacial score (nSPS) is 12.2. The minimum Gasteiger partial charge on any atom is -0.494 e. The second-order valence-electron chi connectivity index (χ2n) is 6.97. The summed E-state index contributed by atoms with van der Waals surface area (Å²) < 4.78 is 5.76. The van der Waals surface area contributed by atoms with E-state index < -0.39 is 0 Å². The van der Waals surface area contributed by atoms with E-state index in [2.05, 4.69) is 46.8 Å². The van der Waals surface area contributed by atoms with Crippen molar-refractivity contribution in [3.05, 3.63) is 29.8 Å². The van der Waals surface area contributed by atoms with Gasteiger partial charge in [0.2, 0.25) is 0 Å². The molecule has 0 amide bonds. The summed E-state index contributed by atoms with van der Waals surface area (Å²) in [6.07, 6.45) is 1.90. The molecule has 0 aromatic heterocycles. The maximum Gasteiger partial charge on any atom is 0.119 e. The van der Waals surface area contributed by atoms with E-state index in [4.69, 9.17) is 22.7 Å². The van der Waals surface area contributed by atoms with Gasteiger partial charge in [-0.1, -0.05) is 59.0 Å². The molecule has 0 saturated carbocycles. The summed E-state index contributed by atoms with van der Waals surface area (Å²) in [5.41, 5.74) is 7.12. The highest BCUT2D eigenvalue weighted by molar-refractivity contribution is 7.80. The van der Waals surface area contributed by atoms with E-state index in [0.29, 0.717) is 11.6 Å². The van der Waals surface area contributed by atoms with Crippen molar-refractivity contribution in [1.82, 2.24) is 0 Å². The third kappa shape index (κ3) is 5.12. The van der Waals surface area contributed by atoms with Gasteiger partial charge in [0.15, 0.2) is 0 Å². The molecule has 3 heteroatoms. The van der Waals surface area contributed by atoms with Gasteiger partial charge in [0.05, 0.1) is 11.6 Å². The molecule has 0 heterocycles. The van der Waals surface area contributed by atoms with Crippen molar-refractivity contribution in [3.63, 3.8) is 0 Å². The molecule has 0 unspecified atom stereocenters. The first-order valence-electron chi connectivity index (χ1n) is 7.16. The van der Waals surface area contributed by atoms with Gasteiger partial charge in [0.1, 0.15) is 5.75 Å². The van der Waals surface area contributed by atoms with Crippen LogP contribution in [0.5, 0.6) is 5.75 Å². The van der Waals surface area contributed by atoms with E-state index in [-0.39, 0.29) is 10.8 Å². The Kier molecular flexibility index (Phi) is 5.58. The molecule has 0 aliphatic heterocycles. The first-order chi connectivity index (χ1) is 9.13. The van der Waals surface area contributed by atoms with Crippen LogP contribution in [0.1, 0.15) is 53.0 Å². The SMILES string of the molecule is CC(C)(CCCOc1ccc(C(C)(C)C)cc1)C(N)=S. The second-order valence-corrected chi connectivity index (χ2v) is 7.41. The third-order valence-corrected chi connectivity index (χ3v) is 4.15. The van der Waals surface area contributed by atoms with E-state index in [0.717, 1.165) is 18.6 Å². The maximum absolute atomic E-state index is 5.76. The molecule has 0 aliphatic carbocycles. The lowest BCUT2D eigenvalue weighted by Crippen LogP contribution is -2.30. The number of thiocarbonyl (C=S) groups is 1. The van der Waals surface area contributed by atoms with Gasteiger partial charge in [-0.15, -0.1) is 0 Å². The highest BCUT2D eigenvalue weighted by atomic mass is 32.1. The summed E-state index contributed by atoms with van der Waals surface area (Å²) in [6, 6.07) is 8.35. The van der Waals surface area contributed by atoms with Crippen LogP contribution in [0.2, 0.25) is 0 Å². The molecule has 0 spiro atoms. The largest absolute Gasteiger partial charge is 0.494 e.